The van der Waals surface area contributed by atoms with E-state index >= 15 is 0 Å². The van der Waals surface area contributed by atoms with E-state index in [1.54, 1.807) is 12.1 Å². The van der Waals surface area contributed by atoms with Crippen LogP contribution in [0.2, 0.25) is 0 Å². The van der Waals surface area contributed by atoms with Crippen LogP contribution in [0.1, 0.15) is 44.6 Å². The zero-order valence-electron chi connectivity index (χ0n) is 17.8. The van der Waals surface area contributed by atoms with E-state index in [4.69, 9.17) is 4.74 Å². The molecule has 2 aromatic carbocycles. The minimum absolute atomic E-state index is 0.169. The molecule has 1 fully saturated rings. The fourth-order valence-electron chi connectivity index (χ4n) is 4.06. The molecule has 0 aliphatic heterocycles. The summed E-state index contributed by atoms with van der Waals surface area (Å²) in [4.78, 5) is 12.9. The first-order valence-corrected chi connectivity index (χ1v) is 11.8. The van der Waals surface area contributed by atoms with Gasteiger partial charge in [0.25, 0.3) is 0 Å². The van der Waals surface area contributed by atoms with Crippen molar-refractivity contribution in [3.63, 3.8) is 0 Å². The van der Waals surface area contributed by atoms with Crippen LogP contribution < -0.4 is 5.32 Å². The van der Waals surface area contributed by atoms with Crippen LogP contribution in [-0.2, 0) is 20.4 Å². The minimum Gasteiger partial charge on any atom is -0.438 e. The summed E-state index contributed by atoms with van der Waals surface area (Å²) in [5.41, 5.74) is 0.746. The highest BCUT2D eigenvalue weighted by Crippen LogP contribution is 2.42. The lowest BCUT2D eigenvalue weighted by Gasteiger charge is -2.39. The standard InChI is InChI=1S/C23H30N2O4S/c1-23(18-10-6-4-7-11-18,19-12-8-5-9-13-19)29-22(26)24-20-14-16-21(17-15-20)30(27,28)25(2)3/h4,6-7,10-11,14-17,19H,5,8-9,12-13H2,1-3H3,(H,24,26). The first kappa shape index (κ1) is 22.3. The van der Waals surface area contributed by atoms with Crippen molar-refractivity contribution >= 4 is 21.8 Å². The molecule has 1 N–H and O–H groups in total. The highest BCUT2D eigenvalue weighted by atomic mass is 32.2. The van der Waals surface area contributed by atoms with Gasteiger partial charge in [-0.15, -0.1) is 0 Å². The SMILES string of the molecule is CN(C)S(=O)(=O)c1ccc(NC(=O)OC(C)(c2ccccc2)C2CCCCC2)cc1. The van der Waals surface area contributed by atoms with E-state index in [0.717, 1.165) is 35.6 Å². The largest absolute Gasteiger partial charge is 0.438 e. The Morgan fingerprint density at radius 3 is 2.17 bits per heavy atom. The third-order valence-electron chi connectivity index (χ3n) is 5.92. The van der Waals surface area contributed by atoms with Gasteiger partial charge in [0.15, 0.2) is 0 Å². The summed E-state index contributed by atoms with van der Waals surface area (Å²) in [5, 5.41) is 2.74. The summed E-state index contributed by atoms with van der Waals surface area (Å²) >= 11 is 0. The molecule has 1 unspecified atom stereocenters. The molecule has 0 saturated heterocycles. The summed E-state index contributed by atoms with van der Waals surface area (Å²) in [6.45, 7) is 1.99. The molecule has 1 aliphatic rings. The molecular formula is C23H30N2O4S. The Bertz CT molecular complexity index is 952. The molecule has 162 valence electrons. The van der Waals surface area contributed by atoms with Crippen LogP contribution in [0.25, 0.3) is 0 Å². The van der Waals surface area contributed by atoms with Gasteiger partial charge in [-0.2, -0.15) is 0 Å². The molecule has 1 saturated carbocycles. The topological polar surface area (TPSA) is 75.7 Å². The average Bonchev–Trinajstić information content (AvgIpc) is 2.75. The summed E-state index contributed by atoms with van der Waals surface area (Å²) in [6, 6.07) is 16.0. The van der Waals surface area contributed by atoms with Gasteiger partial charge in [0.1, 0.15) is 5.60 Å². The number of hydrogen-bond acceptors (Lipinski definition) is 4. The molecule has 1 amide bonds. The van der Waals surface area contributed by atoms with Crippen molar-refractivity contribution in [2.45, 2.75) is 49.5 Å². The molecule has 1 atom stereocenters. The number of rotatable bonds is 6. The molecule has 0 bridgehead atoms. The van der Waals surface area contributed by atoms with E-state index in [-0.39, 0.29) is 10.8 Å². The van der Waals surface area contributed by atoms with Gasteiger partial charge in [0.05, 0.1) is 4.90 Å². The highest BCUT2D eigenvalue weighted by molar-refractivity contribution is 7.89. The van der Waals surface area contributed by atoms with E-state index in [1.165, 1.54) is 32.6 Å². The smallest absolute Gasteiger partial charge is 0.412 e. The highest BCUT2D eigenvalue weighted by Gasteiger charge is 2.40. The number of nitrogens with zero attached hydrogens (tertiary/aromatic N) is 1. The second-order valence-electron chi connectivity index (χ2n) is 8.13. The normalized spacial score (nSPS) is 17.3. The number of sulfonamides is 1. The van der Waals surface area contributed by atoms with Crippen LogP contribution in [0.4, 0.5) is 10.5 Å². The predicted octanol–water partition coefficient (Wildman–Crippen LogP) is 4.98. The van der Waals surface area contributed by atoms with Crippen molar-refractivity contribution in [2.24, 2.45) is 5.92 Å². The summed E-state index contributed by atoms with van der Waals surface area (Å²) in [6.07, 6.45) is 5.00. The van der Waals surface area contributed by atoms with Crippen molar-refractivity contribution in [3.05, 3.63) is 60.2 Å². The number of carbonyl (C=O) groups is 1. The van der Waals surface area contributed by atoms with Crippen molar-refractivity contribution in [3.8, 4) is 0 Å². The average molecular weight is 431 g/mol. The molecular weight excluding hydrogens is 400 g/mol. The Kier molecular flexibility index (Phi) is 6.83. The molecule has 6 nitrogen and oxygen atoms in total. The first-order chi connectivity index (χ1) is 14.2. The maximum Gasteiger partial charge on any atom is 0.412 e. The summed E-state index contributed by atoms with van der Waals surface area (Å²) in [5.74, 6) is 0.256. The number of ether oxygens (including phenoxy) is 1. The third-order valence-corrected chi connectivity index (χ3v) is 7.74. The van der Waals surface area contributed by atoms with Gasteiger partial charge in [-0.1, -0.05) is 49.6 Å². The van der Waals surface area contributed by atoms with Gasteiger partial charge in [0, 0.05) is 25.7 Å². The fraction of sp³-hybridized carbons (Fsp3) is 0.435. The van der Waals surface area contributed by atoms with E-state index in [9.17, 15) is 13.2 Å². The second-order valence-corrected chi connectivity index (χ2v) is 10.3. The van der Waals surface area contributed by atoms with Crippen LogP contribution in [0.5, 0.6) is 0 Å². The maximum absolute atomic E-state index is 12.8. The van der Waals surface area contributed by atoms with Crippen LogP contribution in [0.15, 0.2) is 59.5 Å². The molecule has 7 heteroatoms. The summed E-state index contributed by atoms with van der Waals surface area (Å²) in [7, 11) is -0.551. The summed E-state index contributed by atoms with van der Waals surface area (Å²) < 4.78 is 31.6. The molecule has 1 aliphatic carbocycles. The van der Waals surface area contributed by atoms with E-state index in [1.807, 2.05) is 37.3 Å². The van der Waals surface area contributed by atoms with E-state index < -0.39 is 21.7 Å². The zero-order chi connectivity index (χ0) is 21.8. The number of anilines is 1. The van der Waals surface area contributed by atoms with Crippen LogP contribution >= 0.6 is 0 Å². The van der Waals surface area contributed by atoms with Gasteiger partial charge in [0.2, 0.25) is 10.0 Å². The number of nitrogens with one attached hydrogen (secondary N) is 1. The molecule has 30 heavy (non-hydrogen) atoms. The number of hydrogen-bond donors (Lipinski definition) is 1. The van der Waals surface area contributed by atoms with Crippen molar-refractivity contribution in [1.82, 2.24) is 4.31 Å². The van der Waals surface area contributed by atoms with Crippen LogP contribution in [-0.4, -0.2) is 32.9 Å². The van der Waals surface area contributed by atoms with Gasteiger partial charge in [-0.25, -0.2) is 17.5 Å². The molecule has 0 spiro atoms. The van der Waals surface area contributed by atoms with Gasteiger partial charge in [-0.05, 0) is 49.6 Å². The molecule has 3 rings (SSSR count). The zero-order valence-corrected chi connectivity index (χ0v) is 18.6. The number of benzene rings is 2. The Hall–Kier alpha value is -2.38. The predicted molar refractivity (Wildman–Crippen MR) is 118 cm³/mol. The van der Waals surface area contributed by atoms with E-state index in [2.05, 4.69) is 5.32 Å². The lowest BCUT2D eigenvalue weighted by molar-refractivity contribution is -0.0313. The minimum atomic E-state index is -3.51. The molecule has 2 aromatic rings. The van der Waals surface area contributed by atoms with Crippen LogP contribution in [0, 0.1) is 5.92 Å². The Morgan fingerprint density at radius 1 is 1.00 bits per heavy atom. The molecule has 0 radical (unpaired) electrons. The van der Waals surface area contributed by atoms with Gasteiger partial charge in [-0.3, -0.25) is 5.32 Å². The van der Waals surface area contributed by atoms with Gasteiger partial charge < -0.3 is 4.74 Å². The van der Waals surface area contributed by atoms with Crippen molar-refractivity contribution in [2.75, 3.05) is 19.4 Å². The first-order valence-electron chi connectivity index (χ1n) is 10.3. The molecule has 0 heterocycles. The van der Waals surface area contributed by atoms with Crippen molar-refractivity contribution < 1.29 is 17.9 Å². The van der Waals surface area contributed by atoms with Crippen LogP contribution in [0.3, 0.4) is 0 Å². The Labute approximate surface area is 179 Å². The number of carbonyl (C=O) groups excluding carboxylic acids is 1. The number of amides is 1. The fourth-order valence-corrected chi connectivity index (χ4v) is 4.96. The molecule has 0 aromatic heterocycles. The monoisotopic (exact) mass is 430 g/mol. The van der Waals surface area contributed by atoms with Gasteiger partial charge >= 0.3 is 6.09 Å². The Balaban J connectivity index is 1.76. The van der Waals surface area contributed by atoms with E-state index in [0.29, 0.717) is 5.69 Å². The Morgan fingerprint density at radius 2 is 1.60 bits per heavy atom. The lowest BCUT2D eigenvalue weighted by Crippen LogP contribution is -2.39. The second kappa shape index (κ2) is 9.18. The quantitative estimate of drug-likeness (QED) is 0.701. The third kappa shape index (κ3) is 4.84. The maximum atomic E-state index is 12.8. The van der Waals surface area contributed by atoms with Crippen molar-refractivity contribution in [1.29, 1.82) is 0 Å². The lowest BCUT2D eigenvalue weighted by atomic mass is 9.74.